The molecular weight excluding hydrogens is 272 g/mol. The predicted octanol–water partition coefficient (Wildman–Crippen LogP) is 2.72. The highest BCUT2D eigenvalue weighted by Gasteiger charge is 2.16. The van der Waals surface area contributed by atoms with Gasteiger partial charge in [-0.25, -0.2) is 4.79 Å². The maximum absolute atomic E-state index is 11.4. The van der Waals surface area contributed by atoms with Gasteiger partial charge in [0, 0.05) is 11.1 Å². The van der Waals surface area contributed by atoms with Gasteiger partial charge in [-0.1, -0.05) is 11.6 Å². The SMILES string of the molecule is CCOC(=O)C(C#N)=Cc1cc(Cl)ccc1[N+](=O)[O-]. The molecule has 0 saturated carbocycles. The molecule has 0 aliphatic rings. The number of nitro benzene ring substituents is 1. The Morgan fingerprint density at radius 2 is 2.32 bits per heavy atom. The van der Waals surface area contributed by atoms with E-state index in [1.54, 1.807) is 13.0 Å². The summed E-state index contributed by atoms with van der Waals surface area (Å²) in [4.78, 5) is 21.6. The van der Waals surface area contributed by atoms with Crippen molar-refractivity contribution in [2.24, 2.45) is 0 Å². The van der Waals surface area contributed by atoms with Crippen molar-refractivity contribution in [1.82, 2.24) is 0 Å². The van der Waals surface area contributed by atoms with Crippen LogP contribution in [0, 0.1) is 21.4 Å². The first-order valence-corrected chi connectivity index (χ1v) is 5.60. The van der Waals surface area contributed by atoms with Gasteiger partial charge in [0.2, 0.25) is 0 Å². The number of hydrogen-bond acceptors (Lipinski definition) is 5. The Kier molecular flexibility index (Phi) is 5.03. The molecule has 19 heavy (non-hydrogen) atoms. The first kappa shape index (κ1) is 14.7. The second kappa shape index (κ2) is 6.52. The van der Waals surface area contributed by atoms with Crippen LogP contribution in [-0.2, 0) is 9.53 Å². The molecule has 7 heteroatoms. The molecule has 1 rings (SSSR count). The van der Waals surface area contributed by atoms with E-state index in [0.29, 0.717) is 0 Å². The number of ether oxygens (including phenoxy) is 1. The number of nitro groups is 1. The number of halogens is 1. The maximum atomic E-state index is 11.4. The first-order valence-electron chi connectivity index (χ1n) is 5.22. The Labute approximate surface area is 114 Å². The fraction of sp³-hybridized carbons (Fsp3) is 0.167. The molecule has 0 N–H and O–H groups in total. The third-order valence-corrected chi connectivity index (χ3v) is 2.34. The summed E-state index contributed by atoms with van der Waals surface area (Å²) in [6.45, 7) is 1.70. The zero-order valence-corrected chi connectivity index (χ0v) is 10.7. The highest BCUT2D eigenvalue weighted by Crippen LogP contribution is 2.25. The van der Waals surface area contributed by atoms with Crippen molar-refractivity contribution in [3.8, 4) is 6.07 Å². The predicted molar refractivity (Wildman–Crippen MR) is 68.3 cm³/mol. The first-order chi connectivity index (χ1) is 8.99. The number of rotatable bonds is 4. The van der Waals surface area contributed by atoms with E-state index in [1.165, 1.54) is 18.2 Å². The highest BCUT2D eigenvalue weighted by molar-refractivity contribution is 6.30. The molecule has 0 aromatic heterocycles. The molecule has 0 aliphatic heterocycles. The second-order valence-electron chi connectivity index (χ2n) is 3.35. The normalized spacial score (nSPS) is 10.7. The van der Waals surface area contributed by atoms with Crippen molar-refractivity contribution >= 4 is 29.3 Å². The fourth-order valence-corrected chi connectivity index (χ4v) is 1.49. The smallest absolute Gasteiger partial charge is 0.348 e. The third kappa shape index (κ3) is 3.79. The molecule has 98 valence electrons. The summed E-state index contributed by atoms with van der Waals surface area (Å²) in [6.07, 6.45) is 1.09. The minimum Gasteiger partial charge on any atom is -0.462 e. The molecule has 0 atom stereocenters. The number of esters is 1. The molecule has 0 radical (unpaired) electrons. The summed E-state index contributed by atoms with van der Waals surface area (Å²) in [5, 5.41) is 20.0. The van der Waals surface area contributed by atoms with Crippen LogP contribution in [0.1, 0.15) is 12.5 Å². The van der Waals surface area contributed by atoms with Crippen LogP contribution >= 0.6 is 11.6 Å². The zero-order valence-electron chi connectivity index (χ0n) is 9.92. The number of carbonyl (C=O) groups is 1. The second-order valence-corrected chi connectivity index (χ2v) is 3.79. The van der Waals surface area contributed by atoms with Crippen molar-refractivity contribution < 1.29 is 14.5 Å². The monoisotopic (exact) mass is 280 g/mol. The Hall–Kier alpha value is -2.39. The van der Waals surface area contributed by atoms with Crippen LogP contribution in [-0.4, -0.2) is 17.5 Å². The lowest BCUT2D eigenvalue weighted by Crippen LogP contribution is -2.06. The zero-order chi connectivity index (χ0) is 14.4. The van der Waals surface area contributed by atoms with Crippen LogP contribution in [0.5, 0.6) is 0 Å². The van der Waals surface area contributed by atoms with Gasteiger partial charge in [-0.3, -0.25) is 10.1 Å². The van der Waals surface area contributed by atoms with E-state index in [0.717, 1.165) is 6.08 Å². The molecule has 0 unspecified atom stereocenters. The maximum Gasteiger partial charge on any atom is 0.348 e. The van der Waals surface area contributed by atoms with Crippen LogP contribution < -0.4 is 0 Å². The summed E-state index contributed by atoms with van der Waals surface area (Å²) in [7, 11) is 0. The number of nitrogens with zero attached hydrogens (tertiary/aromatic N) is 2. The average molecular weight is 281 g/mol. The molecule has 6 nitrogen and oxygen atoms in total. The van der Waals surface area contributed by atoms with E-state index >= 15 is 0 Å². The van der Waals surface area contributed by atoms with Gasteiger partial charge in [-0.2, -0.15) is 5.26 Å². The van der Waals surface area contributed by atoms with Crippen molar-refractivity contribution in [3.05, 3.63) is 44.5 Å². The third-order valence-electron chi connectivity index (χ3n) is 2.10. The topological polar surface area (TPSA) is 93.2 Å². The number of hydrogen-bond donors (Lipinski definition) is 0. The van der Waals surface area contributed by atoms with E-state index in [1.807, 2.05) is 0 Å². The fourth-order valence-electron chi connectivity index (χ4n) is 1.31. The van der Waals surface area contributed by atoms with Gasteiger partial charge in [-0.15, -0.1) is 0 Å². The van der Waals surface area contributed by atoms with Gasteiger partial charge in [0.1, 0.15) is 11.6 Å². The molecular formula is C12H9ClN2O4. The molecule has 0 aliphatic carbocycles. The average Bonchev–Trinajstić information content (AvgIpc) is 2.35. The molecule has 0 bridgehead atoms. The van der Waals surface area contributed by atoms with Crippen molar-refractivity contribution in [2.45, 2.75) is 6.92 Å². The van der Waals surface area contributed by atoms with E-state index in [2.05, 4.69) is 4.74 Å². The van der Waals surface area contributed by atoms with Crippen LogP contribution in [0.15, 0.2) is 23.8 Å². The van der Waals surface area contributed by atoms with Gasteiger partial charge < -0.3 is 4.74 Å². The summed E-state index contributed by atoms with van der Waals surface area (Å²) < 4.78 is 4.67. The summed E-state index contributed by atoms with van der Waals surface area (Å²) in [5.41, 5.74) is -0.504. The van der Waals surface area contributed by atoms with Gasteiger partial charge in [-0.05, 0) is 25.1 Å². The van der Waals surface area contributed by atoms with Crippen LogP contribution in [0.25, 0.3) is 6.08 Å². The largest absolute Gasteiger partial charge is 0.462 e. The Bertz CT molecular complexity index is 590. The van der Waals surface area contributed by atoms with Crippen molar-refractivity contribution in [1.29, 1.82) is 5.26 Å². The summed E-state index contributed by atoms with van der Waals surface area (Å²) in [5.74, 6) is -0.834. The highest BCUT2D eigenvalue weighted by atomic mass is 35.5. The quantitative estimate of drug-likeness (QED) is 0.278. The summed E-state index contributed by atoms with van der Waals surface area (Å²) >= 11 is 5.74. The van der Waals surface area contributed by atoms with E-state index < -0.39 is 10.9 Å². The van der Waals surface area contributed by atoms with E-state index in [9.17, 15) is 14.9 Å². The molecule has 0 saturated heterocycles. The standard InChI is InChI=1S/C12H9ClN2O4/c1-2-19-12(16)9(7-14)5-8-6-10(13)3-4-11(8)15(17)18/h3-6H,2H2,1H3. The van der Waals surface area contributed by atoms with E-state index in [4.69, 9.17) is 16.9 Å². The molecule has 0 heterocycles. The van der Waals surface area contributed by atoms with Crippen LogP contribution in [0.3, 0.4) is 0 Å². The number of benzene rings is 1. The molecule has 1 aromatic rings. The lowest BCUT2D eigenvalue weighted by atomic mass is 10.1. The lowest BCUT2D eigenvalue weighted by Gasteiger charge is -2.01. The van der Waals surface area contributed by atoms with Crippen LogP contribution in [0.4, 0.5) is 5.69 Å². The van der Waals surface area contributed by atoms with Gasteiger partial charge >= 0.3 is 5.97 Å². The number of nitriles is 1. The Morgan fingerprint density at radius 3 is 2.84 bits per heavy atom. The minimum absolute atomic E-state index is 0.0714. The molecule has 0 fully saturated rings. The number of carbonyl (C=O) groups excluding carboxylic acids is 1. The Morgan fingerprint density at radius 1 is 1.63 bits per heavy atom. The van der Waals surface area contributed by atoms with E-state index in [-0.39, 0.29) is 28.5 Å². The Balaban J connectivity index is 3.29. The van der Waals surface area contributed by atoms with Gasteiger partial charge in [0.05, 0.1) is 17.1 Å². The lowest BCUT2D eigenvalue weighted by molar-refractivity contribution is -0.385. The van der Waals surface area contributed by atoms with Crippen molar-refractivity contribution in [3.63, 3.8) is 0 Å². The van der Waals surface area contributed by atoms with Crippen molar-refractivity contribution in [2.75, 3.05) is 6.61 Å². The molecule has 1 aromatic carbocycles. The van der Waals surface area contributed by atoms with Crippen LogP contribution in [0.2, 0.25) is 5.02 Å². The minimum atomic E-state index is -0.834. The molecule has 0 amide bonds. The van der Waals surface area contributed by atoms with Gasteiger partial charge in [0.15, 0.2) is 0 Å². The summed E-state index contributed by atoms with van der Waals surface area (Å²) in [6, 6.07) is 5.50. The molecule has 0 spiro atoms. The van der Waals surface area contributed by atoms with Gasteiger partial charge in [0.25, 0.3) is 5.69 Å².